The van der Waals surface area contributed by atoms with Gasteiger partial charge in [0, 0.05) is 6.21 Å². The predicted octanol–water partition coefficient (Wildman–Crippen LogP) is 3.34. The van der Waals surface area contributed by atoms with E-state index in [4.69, 9.17) is 18.9 Å². The van der Waals surface area contributed by atoms with Gasteiger partial charge in [-0.1, -0.05) is 12.1 Å². The predicted molar refractivity (Wildman–Crippen MR) is 90.4 cm³/mol. The van der Waals surface area contributed by atoms with Crippen molar-refractivity contribution in [2.75, 3.05) is 28.4 Å². The molecule has 23 heavy (non-hydrogen) atoms. The van der Waals surface area contributed by atoms with E-state index in [1.54, 1.807) is 34.7 Å². The number of hydrogen-bond donors (Lipinski definition) is 0. The first-order valence-electron chi connectivity index (χ1n) is 7.14. The zero-order valence-corrected chi connectivity index (χ0v) is 13.8. The van der Waals surface area contributed by atoms with Crippen LogP contribution in [0.3, 0.4) is 0 Å². The molecule has 0 unspecified atom stereocenters. The molecule has 0 amide bonds. The van der Waals surface area contributed by atoms with Crippen LogP contribution in [0.15, 0.2) is 41.4 Å². The van der Waals surface area contributed by atoms with Crippen LogP contribution in [-0.2, 0) is 6.54 Å². The van der Waals surface area contributed by atoms with Crippen LogP contribution < -0.4 is 18.9 Å². The molecule has 122 valence electrons. The molecule has 0 radical (unpaired) electrons. The van der Waals surface area contributed by atoms with Crippen LogP contribution >= 0.6 is 0 Å². The molecular weight excluding hydrogens is 294 g/mol. The zero-order chi connectivity index (χ0) is 16.7. The lowest BCUT2D eigenvalue weighted by Crippen LogP contribution is -1.97. The summed E-state index contributed by atoms with van der Waals surface area (Å²) in [6.07, 6.45) is 1.79. The van der Waals surface area contributed by atoms with Crippen LogP contribution in [0.2, 0.25) is 0 Å². The van der Waals surface area contributed by atoms with Gasteiger partial charge in [-0.3, -0.25) is 4.99 Å². The summed E-state index contributed by atoms with van der Waals surface area (Å²) in [6.45, 7) is 0.584. The van der Waals surface area contributed by atoms with Gasteiger partial charge in [-0.05, 0) is 35.4 Å². The van der Waals surface area contributed by atoms with E-state index in [0.29, 0.717) is 23.8 Å². The fourth-order valence-corrected chi connectivity index (χ4v) is 2.16. The standard InChI is InChI=1S/C18H21NO4/c1-20-15-7-5-13(6-8-15)11-19-12-14-9-16(21-2)18(23-4)17(10-14)22-3/h5-10,12H,11H2,1-4H3. The lowest BCUT2D eigenvalue weighted by atomic mass is 10.2. The van der Waals surface area contributed by atoms with E-state index in [1.165, 1.54) is 0 Å². The Labute approximate surface area is 136 Å². The minimum Gasteiger partial charge on any atom is -0.497 e. The van der Waals surface area contributed by atoms with Gasteiger partial charge in [-0.25, -0.2) is 0 Å². The topological polar surface area (TPSA) is 49.3 Å². The second-order valence-electron chi connectivity index (χ2n) is 4.78. The van der Waals surface area contributed by atoms with E-state index in [0.717, 1.165) is 16.9 Å². The molecule has 0 N–H and O–H groups in total. The summed E-state index contributed by atoms with van der Waals surface area (Å²) >= 11 is 0. The maximum Gasteiger partial charge on any atom is 0.203 e. The summed E-state index contributed by atoms with van der Waals surface area (Å²) in [5, 5.41) is 0. The second kappa shape index (κ2) is 8.08. The third-order valence-electron chi connectivity index (χ3n) is 3.36. The first kappa shape index (κ1) is 16.7. The van der Waals surface area contributed by atoms with E-state index in [2.05, 4.69) is 4.99 Å². The molecule has 0 aliphatic heterocycles. The molecule has 5 nitrogen and oxygen atoms in total. The number of benzene rings is 2. The number of nitrogens with zero attached hydrogens (tertiary/aromatic N) is 1. The lowest BCUT2D eigenvalue weighted by molar-refractivity contribution is 0.324. The van der Waals surface area contributed by atoms with Crippen LogP contribution in [0.5, 0.6) is 23.0 Å². The van der Waals surface area contributed by atoms with Gasteiger partial charge in [-0.2, -0.15) is 0 Å². The largest absolute Gasteiger partial charge is 0.497 e. The van der Waals surface area contributed by atoms with E-state index in [1.807, 2.05) is 36.4 Å². The van der Waals surface area contributed by atoms with Crippen molar-refractivity contribution in [3.8, 4) is 23.0 Å². The van der Waals surface area contributed by atoms with Crippen molar-refractivity contribution in [1.29, 1.82) is 0 Å². The van der Waals surface area contributed by atoms with Crippen molar-refractivity contribution in [1.82, 2.24) is 0 Å². The van der Waals surface area contributed by atoms with Gasteiger partial charge in [0.1, 0.15) is 5.75 Å². The average Bonchev–Trinajstić information content (AvgIpc) is 2.61. The molecule has 0 heterocycles. The Balaban J connectivity index is 2.15. The molecule has 0 saturated carbocycles. The third-order valence-corrected chi connectivity index (χ3v) is 3.36. The summed E-state index contributed by atoms with van der Waals surface area (Å²) in [7, 11) is 6.42. The molecular formula is C18H21NO4. The quantitative estimate of drug-likeness (QED) is 0.735. The van der Waals surface area contributed by atoms with Gasteiger partial charge in [0.2, 0.25) is 5.75 Å². The number of methoxy groups -OCH3 is 4. The Morgan fingerprint density at radius 1 is 0.826 bits per heavy atom. The van der Waals surface area contributed by atoms with Crippen molar-refractivity contribution in [2.24, 2.45) is 4.99 Å². The molecule has 0 aromatic heterocycles. The van der Waals surface area contributed by atoms with Crippen LogP contribution in [0.4, 0.5) is 0 Å². The SMILES string of the molecule is COc1ccc(CN=Cc2cc(OC)c(OC)c(OC)c2)cc1. The average molecular weight is 315 g/mol. The molecule has 2 aromatic rings. The summed E-state index contributed by atoms with van der Waals surface area (Å²) < 4.78 is 21.1. The molecule has 2 aromatic carbocycles. The number of aliphatic imine (C=N–C) groups is 1. The first-order valence-corrected chi connectivity index (χ1v) is 7.14. The fraction of sp³-hybridized carbons (Fsp3) is 0.278. The number of rotatable bonds is 7. The molecule has 0 atom stereocenters. The van der Waals surface area contributed by atoms with E-state index in [-0.39, 0.29) is 0 Å². The molecule has 0 aliphatic carbocycles. The highest BCUT2D eigenvalue weighted by atomic mass is 16.5. The maximum atomic E-state index is 5.33. The lowest BCUT2D eigenvalue weighted by Gasteiger charge is -2.12. The van der Waals surface area contributed by atoms with Crippen LogP contribution in [0.1, 0.15) is 11.1 Å². The van der Waals surface area contributed by atoms with Crippen molar-refractivity contribution < 1.29 is 18.9 Å². The molecule has 2 rings (SSSR count). The summed E-state index contributed by atoms with van der Waals surface area (Å²) in [4.78, 5) is 4.46. The highest BCUT2D eigenvalue weighted by Gasteiger charge is 2.12. The maximum absolute atomic E-state index is 5.33. The Morgan fingerprint density at radius 2 is 1.43 bits per heavy atom. The Bertz CT molecular complexity index is 640. The molecule has 0 fully saturated rings. The number of ether oxygens (including phenoxy) is 4. The first-order chi connectivity index (χ1) is 11.2. The highest BCUT2D eigenvalue weighted by Crippen LogP contribution is 2.37. The van der Waals surface area contributed by atoms with Gasteiger partial charge in [0.25, 0.3) is 0 Å². The summed E-state index contributed by atoms with van der Waals surface area (Å²) in [5.41, 5.74) is 1.99. The summed E-state index contributed by atoms with van der Waals surface area (Å²) in [6, 6.07) is 11.5. The Hall–Kier alpha value is -2.69. The summed E-state index contributed by atoms with van der Waals surface area (Å²) in [5.74, 6) is 2.63. The Morgan fingerprint density at radius 3 is 1.91 bits per heavy atom. The minimum absolute atomic E-state index is 0.572. The van der Waals surface area contributed by atoms with Gasteiger partial charge >= 0.3 is 0 Å². The van der Waals surface area contributed by atoms with Gasteiger partial charge < -0.3 is 18.9 Å². The molecule has 5 heteroatoms. The van der Waals surface area contributed by atoms with Crippen LogP contribution in [-0.4, -0.2) is 34.7 Å². The zero-order valence-electron chi connectivity index (χ0n) is 13.8. The molecule has 0 saturated heterocycles. The third kappa shape index (κ3) is 4.16. The molecule has 0 spiro atoms. The van der Waals surface area contributed by atoms with Crippen molar-refractivity contribution in [3.05, 3.63) is 47.5 Å². The van der Waals surface area contributed by atoms with Crippen molar-refractivity contribution >= 4 is 6.21 Å². The van der Waals surface area contributed by atoms with Crippen LogP contribution in [0.25, 0.3) is 0 Å². The number of hydrogen-bond acceptors (Lipinski definition) is 5. The van der Waals surface area contributed by atoms with Gasteiger partial charge in [0.05, 0.1) is 35.0 Å². The van der Waals surface area contributed by atoms with Gasteiger partial charge in [-0.15, -0.1) is 0 Å². The minimum atomic E-state index is 0.572. The monoisotopic (exact) mass is 315 g/mol. The van der Waals surface area contributed by atoms with Crippen molar-refractivity contribution in [2.45, 2.75) is 6.54 Å². The second-order valence-corrected chi connectivity index (χ2v) is 4.78. The fourth-order valence-electron chi connectivity index (χ4n) is 2.16. The van der Waals surface area contributed by atoms with Crippen LogP contribution in [0, 0.1) is 0 Å². The van der Waals surface area contributed by atoms with Crippen molar-refractivity contribution in [3.63, 3.8) is 0 Å². The molecule has 0 aliphatic rings. The van der Waals surface area contributed by atoms with E-state index >= 15 is 0 Å². The highest BCUT2D eigenvalue weighted by molar-refractivity contribution is 5.82. The normalized spacial score (nSPS) is 10.6. The van der Waals surface area contributed by atoms with E-state index < -0.39 is 0 Å². The van der Waals surface area contributed by atoms with E-state index in [9.17, 15) is 0 Å². The Kier molecular flexibility index (Phi) is 5.86. The smallest absolute Gasteiger partial charge is 0.203 e. The van der Waals surface area contributed by atoms with Gasteiger partial charge in [0.15, 0.2) is 11.5 Å². The molecule has 0 bridgehead atoms.